The lowest BCUT2D eigenvalue weighted by Gasteiger charge is -2.11. The van der Waals surface area contributed by atoms with Crippen molar-refractivity contribution in [1.82, 2.24) is 14.8 Å². The average Bonchev–Trinajstić information content (AvgIpc) is 3.11. The quantitative estimate of drug-likeness (QED) is 0.540. The molecule has 0 saturated heterocycles. The maximum Gasteiger partial charge on any atom is 0.218 e. The monoisotopic (exact) mass is 394 g/mol. The fourth-order valence-electron chi connectivity index (χ4n) is 2.92. The van der Waals surface area contributed by atoms with E-state index in [1.807, 2.05) is 0 Å². The maximum absolute atomic E-state index is 11.1. The zero-order valence-corrected chi connectivity index (χ0v) is 17.2. The van der Waals surface area contributed by atoms with Gasteiger partial charge in [-0.3, -0.25) is 9.36 Å². The molecule has 0 spiro atoms. The highest BCUT2D eigenvalue weighted by atomic mass is 32.2. The van der Waals surface area contributed by atoms with Gasteiger partial charge in [-0.2, -0.15) is 0 Å². The number of unbranched alkanes of at least 4 members (excludes halogenated alkanes) is 1. The number of benzene rings is 2. The van der Waals surface area contributed by atoms with Crippen molar-refractivity contribution in [2.75, 3.05) is 5.75 Å². The Hall–Kier alpha value is -2.60. The van der Waals surface area contributed by atoms with Crippen molar-refractivity contribution in [2.24, 2.45) is 5.73 Å². The minimum Gasteiger partial charge on any atom is -0.370 e. The lowest BCUT2D eigenvalue weighted by atomic mass is 10.1. The van der Waals surface area contributed by atoms with Crippen LogP contribution in [-0.4, -0.2) is 26.4 Å². The number of nitrogens with zero attached hydrogens (tertiary/aromatic N) is 3. The van der Waals surface area contributed by atoms with Crippen LogP contribution < -0.4 is 5.73 Å². The molecule has 3 aromatic rings. The molecule has 5 nitrogen and oxygen atoms in total. The van der Waals surface area contributed by atoms with Crippen LogP contribution in [0, 0.1) is 6.92 Å². The number of hydrogen-bond donors (Lipinski definition) is 1. The van der Waals surface area contributed by atoms with Gasteiger partial charge in [0.05, 0.1) is 0 Å². The van der Waals surface area contributed by atoms with E-state index >= 15 is 0 Å². The molecule has 0 aliphatic heterocycles. The second-order valence-electron chi connectivity index (χ2n) is 6.84. The van der Waals surface area contributed by atoms with Crippen LogP contribution in [0.25, 0.3) is 17.1 Å². The smallest absolute Gasteiger partial charge is 0.218 e. The summed E-state index contributed by atoms with van der Waals surface area (Å²) in [4.78, 5) is 11.1. The minimum absolute atomic E-state index is 0.308. The first-order chi connectivity index (χ1) is 13.6. The van der Waals surface area contributed by atoms with E-state index < -0.39 is 0 Å². The summed E-state index contributed by atoms with van der Waals surface area (Å²) in [6.45, 7) is 4.27. The van der Waals surface area contributed by atoms with Gasteiger partial charge in [-0.25, -0.2) is 0 Å². The van der Waals surface area contributed by atoms with Gasteiger partial charge in [0.15, 0.2) is 11.0 Å². The molecular weight excluding hydrogens is 368 g/mol. The van der Waals surface area contributed by atoms with Crippen LogP contribution >= 0.6 is 11.8 Å². The Balaban J connectivity index is 1.96. The van der Waals surface area contributed by atoms with Crippen molar-refractivity contribution in [2.45, 2.75) is 44.7 Å². The number of aryl methyl sites for hydroxylation is 2. The molecule has 1 aromatic heterocycles. The van der Waals surface area contributed by atoms with Crippen LogP contribution in [0.1, 0.15) is 37.3 Å². The number of hydrogen-bond acceptors (Lipinski definition) is 4. The lowest BCUT2D eigenvalue weighted by Crippen LogP contribution is -2.11. The number of carbonyl (C=O) groups is 1. The highest BCUT2D eigenvalue weighted by molar-refractivity contribution is 7.99. The molecule has 0 atom stereocenters. The standard InChI is InChI=1S/C22H26N4OS/c1-3-4-5-17-8-12-19(13-9-17)26-21(18-10-6-16(2)7-11-18)24-25-22(26)28-15-14-20(23)27/h6-13H,3-5,14-15H2,1-2H3,(H2,23,27). The van der Waals surface area contributed by atoms with Crippen molar-refractivity contribution in [3.8, 4) is 17.1 Å². The Kier molecular flexibility index (Phi) is 6.87. The number of carbonyl (C=O) groups excluding carboxylic acids is 1. The van der Waals surface area contributed by atoms with E-state index in [2.05, 4.69) is 77.1 Å². The Morgan fingerprint density at radius 3 is 2.43 bits per heavy atom. The summed E-state index contributed by atoms with van der Waals surface area (Å²) >= 11 is 1.50. The average molecular weight is 395 g/mol. The van der Waals surface area contributed by atoms with Crippen LogP contribution in [0.3, 0.4) is 0 Å². The van der Waals surface area contributed by atoms with Crippen molar-refractivity contribution in [3.63, 3.8) is 0 Å². The van der Waals surface area contributed by atoms with Crippen LogP contribution in [0.4, 0.5) is 0 Å². The predicted octanol–water partition coefficient (Wildman–Crippen LogP) is 4.55. The Bertz CT molecular complexity index is 917. The SMILES string of the molecule is CCCCc1ccc(-n2c(SCCC(N)=O)nnc2-c2ccc(C)cc2)cc1. The van der Waals surface area contributed by atoms with E-state index in [1.54, 1.807) is 0 Å². The van der Waals surface area contributed by atoms with Gasteiger partial charge in [0.25, 0.3) is 0 Å². The second-order valence-corrected chi connectivity index (χ2v) is 7.90. The van der Waals surface area contributed by atoms with E-state index in [-0.39, 0.29) is 5.91 Å². The molecule has 0 aliphatic rings. The van der Waals surface area contributed by atoms with E-state index in [4.69, 9.17) is 5.73 Å². The van der Waals surface area contributed by atoms with Crippen molar-refractivity contribution < 1.29 is 4.79 Å². The molecule has 0 saturated carbocycles. The minimum atomic E-state index is -0.308. The molecule has 0 aliphatic carbocycles. The molecule has 6 heteroatoms. The third-order valence-electron chi connectivity index (χ3n) is 4.54. The summed E-state index contributed by atoms with van der Waals surface area (Å²) < 4.78 is 2.06. The summed E-state index contributed by atoms with van der Waals surface area (Å²) in [7, 11) is 0. The first-order valence-corrected chi connectivity index (χ1v) is 10.6. The zero-order chi connectivity index (χ0) is 19.9. The number of thioether (sulfide) groups is 1. The largest absolute Gasteiger partial charge is 0.370 e. The lowest BCUT2D eigenvalue weighted by molar-refractivity contribution is -0.117. The Morgan fingerprint density at radius 1 is 1.07 bits per heavy atom. The molecule has 3 rings (SSSR count). The highest BCUT2D eigenvalue weighted by Crippen LogP contribution is 2.28. The molecule has 1 amide bonds. The van der Waals surface area contributed by atoms with E-state index in [0.29, 0.717) is 12.2 Å². The van der Waals surface area contributed by atoms with Gasteiger partial charge in [-0.15, -0.1) is 10.2 Å². The summed E-state index contributed by atoms with van der Waals surface area (Å²) in [5.41, 5.74) is 9.84. The van der Waals surface area contributed by atoms with Gasteiger partial charge in [-0.05, 0) is 37.5 Å². The van der Waals surface area contributed by atoms with Crippen LogP contribution in [0.5, 0.6) is 0 Å². The van der Waals surface area contributed by atoms with Gasteiger partial charge in [0.2, 0.25) is 5.91 Å². The van der Waals surface area contributed by atoms with Crippen LogP contribution in [0.15, 0.2) is 53.7 Å². The Labute approximate surface area is 170 Å². The highest BCUT2D eigenvalue weighted by Gasteiger charge is 2.16. The molecule has 2 N–H and O–H groups in total. The Morgan fingerprint density at radius 2 is 1.79 bits per heavy atom. The van der Waals surface area contributed by atoms with Gasteiger partial charge >= 0.3 is 0 Å². The molecule has 0 unspecified atom stereocenters. The van der Waals surface area contributed by atoms with Crippen LogP contribution in [-0.2, 0) is 11.2 Å². The van der Waals surface area contributed by atoms with Gasteiger partial charge in [0.1, 0.15) is 0 Å². The first kappa shape index (κ1) is 20.1. The van der Waals surface area contributed by atoms with Crippen molar-refractivity contribution in [1.29, 1.82) is 0 Å². The van der Waals surface area contributed by atoms with Gasteiger partial charge in [-0.1, -0.05) is 67.1 Å². The fourth-order valence-corrected chi connectivity index (χ4v) is 3.83. The third kappa shape index (κ3) is 5.01. The van der Waals surface area contributed by atoms with E-state index in [0.717, 1.165) is 28.7 Å². The summed E-state index contributed by atoms with van der Waals surface area (Å²) in [5, 5.41) is 9.58. The van der Waals surface area contributed by atoms with Gasteiger partial charge < -0.3 is 5.73 Å². The normalized spacial score (nSPS) is 10.9. The molecule has 28 heavy (non-hydrogen) atoms. The fraction of sp³-hybridized carbons (Fsp3) is 0.318. The maximum atomic E-state index is 11.1. The third-order valence-corrected chi connectivity index (χ3v) is 5.47. The molecule has 0 fully saturated rings. The summed E-state index contributed by atoms with van der Waals surface area (Å²) in [5.74, 6) is 1.07. The number of rotatable bonds is 9. The topological polar surface area (TPSA) is 73.8 Å². The molecule has 146 valence electrons. The number of aromatic nitrogens is 3. The van der Waals surface area contributed by atoms with E-state index in [9.17, 15) is 4.79 Å². The molecule has 0 bridgehead atoms. The van der Waals surface area contributed by atoms with Crippen LogP contribution in [0.2, 0.25) is 0 Å². The van der Waals surface area contributed by atoms with Gasteiger partial charge in [0, 0.05) is 23.4 Å². The molecular formula is C22H26N4OS. The molecule has 2 aromatic carbocycles. The number of primary amides is 1. The number of amides is 1. The summed E-state index contributed by atoms with van der Waals surface area (Å²) in [6.07, 6.45) is 3.78. The van der Waals surface area contributed by atoms with Crippen molar-refractivity contribution >= 4 is 17.7 Å². The van der Waals surface area contributed by atoms with E-state index in [1.165, 1.54) is 35.7 Å². The molecule has 1 heterocycles. The number of nitrogens with two attached hydrogens (primary N) is 1. The summed E-state index contributed by atoms with van der Waals surface area (Å²) in [6, 6.07) is 16.8. The first-order valence-electron chi connectivity index (χ1n) is 9.61. The zero-order valence-electron chi connectivity index (χ0n) is 16.4. The van der Waals surface area contributed by atoms with Crippen molar-refractivity contribution in [3.05, 3.63) is 59.7 Å². The predicted molar refractivity (Wildman–Crippen MR) is 115 cm³/mol. The second kappa shape index (κ2) is 9.55. The molecule has 0 radical (unpaired) electrons.